The second kappa shape index (κ2) is 4.67. The Morgan fingerprint density at radius 3 is 2.56 bits per heavy atom. The second-order valence-corrected chi connectivity index (χ2v) is 8.34. The Kier molecular flexibility index (Phi) is 3.52. The first-order chi connectivity index (χ1) is 8.31. The molecule has 1 aliphatic carbocycles. The highest BCUT2D eigenvalue weighted by Gasteiger charge is 2.32. The Hall–Kier alpha value is -0.870. The number of hydrogen-bond donors (Lipinski definition) is 1. The van der Waals surface area contributed by atoms with E-state index < -0.39 is 14.8 Å². The summed E-state index contributed by atoms with van der Waals surface area (Å²) >= 11 is 0. The van der Waals surface area contributed by atoms with Gasteiger partial charge in [0.1, 0.15) is 0 Å². The van der Waals surface area contributed by atoms with Gasteiger partial charge in [0.25, 0.3) is 0 Å². The Balaban J connectivity index is 2.28. The largest absolute Gasteiger partial charge is 0.217 e. The van der Waals surface area contributed by atoms with Gasteiger partial charge in [-0.15, -0.1) is 0 Å². The highest BCUT2D eigenvalue weighted by molar-refractivity contribution is 7.90. The maximum absolute atomic E-state index is 12.2. The number of nitrogens with one attached hydrogen (secondary N) is 1. The number of aryl methyl sites for hydroxylation is 1. The summed E-state index contributed by atoms with van der Waals surface area (Å²) in [7, 11) is -3.29. The summed E-state index contributed by atoms with van der Waals surface area (Å²) in [4.78, 5) is 0. The minimum absolute atomic E-state index is 0.0702. The standard InChI is InChI=1S/C14H21NO2S/c1-14(2,3)18(16,17)15-13-10-6-8-11-7-4-5-9-12(11)13/h4-5,7,9,13,15H,6,8,10H2,1-3H3/t13-/m1/s1. The lowest BCUT2D eigenvalue weighted by Crippen LogP contribution is -2.42. The van der Waals surface area contributed by atoms with Crippen LogP contribution >= 0.6 is 0 Å². The molecule has 18 heavy (non-hydrogen) atoms. The van der Waals surface area contributed by atoms with E-state index >= 15 is 0 Å². The summed E-state index contributed by atoms with van der Waals surface area (Å²) < 4.78 is 26.5. The summed E-state index contributed by atoms with van der Waals surface area (Å²) in [6.07, 6.45) is 2.96. The zero-order valence-corrected chi connectivity index (χ0v) is 12.0. The Morgan fingerprint density at radius 2 is 1.89 bits per heavy atom. The molecule has 100 valence electrons. The third-order valence-corrected chi connectivity index (χ3v) is 5.68. The average Bonchev–Trinajstić information content (AvgIpc) is 2.27. The van der Waals surface area contributed by atoms with Crippen LogP contribution in [0, 0.1) is 0 Å². The van der Waals surface area contributed by atoms with Crippen LogP contribution in [0.1, 0.15) is 50.8 Å². The van der Waals surface area contributed by atoms with Crippen LogP contribution in [0.25, 0.3) is 0 Å². The van der Waals surface area contributed by atoms with Gasteiger partial charge >= 0.3 is 0 Å². The van der Waals surface area contributed by atoms with Gasteiger partial charge < -0.3 is 0 Å². The van der Waals surface area contributed by atoms with E-state index in [0.29, 0.717) is 0 Å². The van der Waals surface area contributed by atoms with E-state index in [-0.39, 0.29) is 6.04 Å². The zero-order chi connectivity index (χ0) is 13.4. The fourth-order valence-electron chi connectivity index (χ4n) is 2.24. The van der Waals surface area contributed by atoms with Gasteiger partial charge in [-0.2, -0.15) is 0 Å². The smallest absolute Gasteiger partial charge is 0.212 e. The molecule has 3 nitrogen and oxygen atoms in total. The van der Waals surface area contributed by atoms with Gasteiger partial charge in [0.2, 0.25) is 10.0 Å². The monoisotopic (exact) mass is 267 g/mol. The van der Waals surface area contributed by atoms with Gasteiger partial charge in [0.05, 0.1) is 4.75 Å². The van der Waals surface area contributed by atoms with E-state index in [2.05, 4.69) is 10.8 Å². The topological polar surface area (TPSA) is 46.2 Å². The number of rotatable bonds is 2. The highest BCUT2D eigenvalue weighted by atomic mass is 32.2. The summed E-state index contributed by atoms with van der Waals surface area (Å²) in [6, 6.07) is 8.04. The van der Waals surface area contributed by atoms with Gasteiger partial charge in [0, 0.05) is 6.04 Å². The molecule has 0 saturated heterocycles. The van der Waals surface area contributed by atoms with Crippen molar-refractivity contribution in [1.29, 1.82) is 0 Å². The molecule has 0 saturated carbocycles. The third kappa shape index (κ3) is 2.59. The fourth-order valence-corrected chi connectivity index (χ4v) is 3.21. The molecule has 0 aromatic heterocycles. The zero-order valence-electron chi connectivity index (χ0n) is 11.2. The normalized spacial score (nSPS) is 20.5. The number of fused-ring (bicyclic) bond motifs is 1. The van der Waals surface area contributed by atoms with Crippen molar-refractivity contribution in [3.8, 4) is 0 Å². The Bertz CT molecular complexity index is 529. The van der Waals surface area contributed by atoms with Crippen molar-refractivity contribution in [2.45, 2.75) is 50.8 Å². The molecule has 0 unspecified atom stereocenters. The molecule has 0 spiro atoms. The van der Waals surface area contributed by atoms with Crippen molar-refractivity contribution in [2.24, 2.45) is 0 Å². The maximum atomic E-state index is 12.2. The molecule has 1 N–H and O–H groups in total. The van der Waals surface area contributed by atoms with Gasteiger partial charge in [-0.1, -0.05) is 24.3 Å². The van der Waals surface area contributed by atoms with Crippen molar-refractivity contribution >= 4 is 10.0 Å². The van der Waals surface area contributed by atoms with E-state index in [1.807, 2.05) is 18.2 Å². The molecule has 1 aromatic rings. The van der Waals surface area contributed by atoms with Crippen LogP contribution in [0.5, 0.6) is 0 Å². The molecule has 1 atom stereocenters. The van der Waals surface area contributed by atoms with E-state index in [9.17, 15) is 8.42 Å². The van der Waals surface area contributed by atoms with Crippen LogP contribution in [0.15, 0.2) is 24.3 Å². The molecular formula is C14H21NO2S. The summed E-state index contributed by atoms with van der Waals surface area (Å²) in [5.74, 6) is 0. The molecular weight excluding hydrogens is 246 g/mol. The summed E-state index contributed by atoms with van der Waals surface area (Å²) in [5, 5.41) is 0. The quantitative estimate of drug-likeness (QED) is 0.895. The summed E-state index contributed by atoms with van der Waals surface area (Å²) in [5.41, 5.74) is 2.40. The molecule has 0 bridgehead atoms. The Morgan fingerprint density at radius 1 is 1.22 bits per heavy atom. The van der Waals surface area contributed by atoms with Crippen LogP contribution in [-0.2, 0) is 16.4 Å². The molecule has 0 fully saturated rings. The fraction of sp³-hybridized carbons (Fsp3) is 0.571. The average molecular weight is 267 g/mol. The van der Waals surface area contributed by atoms with Crippen LogP contribution in [-0.4, -0.2) is 13.2 Å². The minimum atomic E-state index is -3.29. The van der Waals surface area contributed by atoms with E-state index in [1.165, 1.54) is 5.56 Å². The molecule has 4 heteroatoms. The molecule has 1 aromatic carbocycles. The second-order valence-electron chi connectivity index (χ2n) is 5.88. The third-order valence-electron chi connectivity index (χ3n) is 3.47. The molecule has 0 aliphatic heterocycles. The van der Waals surface area contributed by atoms with Crippen molar-refractivity contribution in [2.75, 3.05) is 0 Å². The maximum Gasteiger partial charge on any atom is 0.217 e. The molecule has 0 radical (unpaired) electrons. The lowest BCUT2D eigenvalue weighted by Gasteiger charge is -2.29. The van der Waals surface area contributed by atoms with Gasteiger partial charge in [-0.3, -0.25) is 0 Å². The van der Waals surface area contributed by atoms with Crippen LogP contribution in [0.3, 0.4) is 0 Å². The molecule has 1 aliphatic rings. The predicted octanol–water partition coefficient (Wildman–Crippen LogP) is 2.78. The van der Waals surface area contributed by atoms with Crippen molar-refractivity contribution in [3.63, 3.8) is 0 Å². The van der Waals surface area contributed by atoms with Crippen molar-refractivity contribution < 1.29 is 8.42 Å². The van der Waals surface area contributed by atoms with E-state index in [1.54, 1.807) is 20.8 Å². The minimum Gasteiger partial charge on any atom is -0.212 e. The van der Waals surface area contributed by atoms with Crippen LogP contribution in [0.4, 0.5) is 0 Å². The first kappa shape index (κ1) is 13.6. The molecule has 0 amide bonds. The van der Waals surface area contributed by atoms with Gasteiger partial charge in [-0.25, -0.2) is 13.1 Å². The summed E-state index contributed by atoms with van der Waals surface area (Å²) in [6.45, 7) is 5.18. The van der Waals surface area contributed by atoms with E-state index in [0.717, 1.165) is 24.8 Å². The van der Waals surface area contributed by atoms with Crippen LogP contribution in [0.2, 0.25) is 0 Å². The highest BCUT2D eigenvalue weighted by Crippen LogP contribution is 2.31. The molecule has 2 rings (SSSR count). The lowest BCUT2D eigenvalue weighted by atomic mass is 9.88. The Labute approximate surface area is 110 Å². The number of sulfonamides is 1. The van der Waals surface area contributed by atoms with Crippen molar-refractivity contribution in [3.05, 3.63) is 35.4 Å². The van der Waals surface area contributed by atoms with Gasteiger partial charge in [-0.05, 0) is 51.2 Å². The molecule has 0 heterocycles. The van der Waals surface area contributed by atoms with Gasteiger partial charge in [0.15, 0.2) is 0 Å². The first-order valence-corrected chi connectivity index (χ1v) is 7.89. The predicted molar refractivity (Wildman–Crippen MR) is 73.9 cm³/mol. The first-order valence-electron chi connectivity index (χ1n) is 6.41. The van der Waals surface area contributed by atoms with E-state index in [4.69, 9.17) is 0 Å². The lowest BCUT2D eigenvalue weighted by molar-refractivity contribution is 0.490. The van der Waals surface area contributed by atoms with Crippen LogP contribution < -0.4 is 4.72 Å². The number of benzene rings is 1. The van der Waals surface area contributed by atoms with Crippen molar-refractivity contribution in [1.82, 2.24) is 4.72 Å². The SMILES string of the molecule is CC(C)(C)S(=O)(=O)N[C@@H]1CCCc2ccccc21. The number of hydrogen-bond acceptors (Lipinski definition) is 2.